The second-order valence-corrected chi connectivity index (χ2v) is 12.6. The summed E-state index contributed by atoms with van der Waals surface area (Å²) in [6.45, 7) is 11.1. The molecular formula is C37H43NO4. The first-order valence-corrected chi connectivity index (χ1v) is 15.3. The van der Waals surface area contributed by atoms with Crippen LogP contribution in [0.2, 0.25) is 0 Å². The minimum absolute atomic E-state index is 0.208. The molecule has 42 heavy (non-hydrogen) atoms. The number of fused-ring (bicyclic) bond motifs is 2. The Balaban J connectivity index is 0.000000211. The average Bonchev–Trinajstić information content (AvgIpc) is 3.59. The number of aliphatic carboxylic acids is 1. The first-order chi connectivity index (χ1) is 20.2. The maximum Gasteiger partial charge on any atom is 0.309 e. The highest BCUT2D eigenvalue weighted by atomic mass is 16.4. The number of rotatable bonds is 10. The van der Waals surface area contributed by atoms with Gasteiger partial charge in [-0.1, -0.05) is 64.1 Å². The van der Waals surface area contributed by atoms with Gasteiger partial charge in [0.25, 0.3) is 0 Å². The van der Waals surface area contributed by atoms with E-state index >= 15 is 0 Å². The summed E-state index contributed by atoms with van der Waals surface area (Å²) in [6.07, 6.45) is 6.46. The number of nitrogens with zero attached hydrogens (tertiary/aromatic N) is 1. The average molecular weight is 566 g/mol. The third kappa shape index (κ3) is 7.71. The Morgan fingerprint density at radius 1 is 0.786 bits per heavy atom. The van der Waals surface area contributed by atoms with Gasteiger partial charge >= 0.3 is 5.97 Å². The lowest BCUT2D eigenvalue weighted by Crippen LogP contribution is -2.49. The van der Waals surface area contributed by atoms with Crippen molar-refractivity contribution in [1.82, 2.24) is 4.90 Å². The number of carboxylic acid groups (broad SMARTS) is 1. The third-order valence-electron chi connectivity index (χ3n) is 8.07. The predicted molar refractivity (Wildman–Crippen MR) is 171 cm³/mol. The van der Waals surface area contributed by atoms with Gasteiger partial charge in [0.05, 0.1) is 12.2 Å². The Morgan fingerprint density at radius 2 is 1.38 bits per heavy atom. The Labute approximate surface area is 249 Å². The number of benzene rings is 3. The summed E-state index contributed by atoms with van der Waals surface area (Å²) in [5.41, 5.74) is 6.94. The van der Waals surface area contributed by atoms with Crippen LogP contribution in [-0.2, 0) is 24.2 Å². The van der Waals surface area contributed by atoms with Gasteiger partial charge in [-0.3, -0.25) is 9.69 Å². The topological polar surface area (TPSA) is 66.8 Å². The maximum atomic E-state index is 10.9. The summed E-state index contributed by atoms with van der Waals surface area (Å²) >= 11 is 0. The smallest absolute Gasteiger partial charge is 0.309 e. The lowest BCUT2D eigenvalue weighted by molar-refractivity contribution is -0.147. The van der Waals surface area contributed by atoms with E-state index in [-0.39, 0.29) is 5.92 Å². The quantitative estimate of drug-likeness (QED) is 0.183. The molecule has 5 aromatic rings. The monoisotopic (exact) mass is 565 g/mol. The first kappa shape index (κ1) is 29.7. The number of furan rings is 2. The van der Waals surface area contributed by atoms with E-state index in [1.807, 2.05) is 6.07 Å². The molecule has 1 aliphatic rings. The minimum atomic E-state index is -0.691. The van der Waals surface area contributed by atoms with Crippen LogP contribution >= 0.6 is 0 Å². The van der Waals surface area contributed by atoms with Crippen molar-refractivity contribution in [1.29, 1.82) is 0 Å². The first-order valence-electron chi connectivity index (χ1n) is 15.3. The lowest BCUT2D eigenvalue weighted by Gasteiger charge is -2.36. The highest BCUT2D eigenvalue weighted by molar-refractivity contribution is 5.83. The molecule has 0 spiro atoms. The van der Waals surface area contributed by atoms with E-state index in [1.54, 1.807) is 6.26 Å². The molecule has 0 amide bonds. The van der Waals surface area contributed by atoms with E-state index in [1.165, 1.54) is 41.3 Å². The van der Waals surface area contributed by atoms with Crippen molar-refractivity contribution in [3.05, 3.63) is 95.7 Å². The van der Waals surface area contributed by atoms with Crippen LogP contribution in [0.5, 0.6) is 0 Å². The van der Waals surface area contributed by atoms with E-state index in [2.05, 4.69) is 99.3 Å². The predicted octanol–water partition coefficient (Wildman–Crippen LogP) is 9.23. The molecule has 3 aromatic carbocycles. The molecule has 1 saturated heterocycles. The van der Waals surface area contributed by atoms with Crippen LogP contribution in [0.4, 0.5) is 0 Å². The Bertz CT molecular complexity index is 1600. The Morgan fingerprint density at radius 3 is 2.00 bits per heavy atom. The van der Waals surface area contributed by atoms with Crippen LogP contribution in [-0.4, -0.2) is 29.1 Å². The van der Waals surface area contributed by atoms with E-state index in [0.29, 0.717) is 19.0 Å². The van der Waals surface area contributed by atoms with Crippen molar-refractivity contribution in [3.8, 4) is 11.3 Å². The molecule has 1 aliphatic heterocycles. The normalized spacial score (nSPS) is 14.0. The van der Waals surface area contributed by atoms with Gasteiger partial charge in [-0.15, -0.1) is 0 Å². The number of aryl methyl sites for hydroxylation is 2. The fraction of sp³-hybridized carbons (Fsp3) is 0.378. The zero-order valence-electron chi connectivity index (χ0n) is 25.3. The van der Waals surface area contributed by atoms with Crippen molar-refractivity contribution in [2.24, 2.45) is 17.8 Å². The number of hydrogen-bond acceptors (Lipinski definition) is 4. The molecule has 0 bridgehead atoms. The fourth-order valence-electron chi connectivity index (χ4n) is 5.36. The van der Waals surface area contributed by atoms with E-state index in [9.17, 15) is 4.79 Å². The van der Waals surface area contributed by atoms with Crippen molar-refractivity contribution in [2.45, 2.75) is 59.9 Å². The van der Waals surface area contributed by atoms with Gasteiger partial charge in [-0.05, 0) is 90.6 Å². The molecule has 6 rings (SSSR count). The maximum absolute atomic E-state index is 10.9. The zero-order chi connectivity index (χ0) is 29.6. The van der Waals surface area contributed by atoms with E-state index in [0.717, 1.165) is 46.8 Å². The lowest BCUT2D eigenvalue weighted by atomic mass is 9.99. The number of hydrogen-bond donors (Lipinski definition) is 1. The molecule has 5 heteroatoms. The van der Waals surface area contributed by atoms with Crippen LogP contribution < -0.4 is 0 Å². The van der Waals surface area contributed by atoms with Gasteiger partial charge in [0, 0.05) is 36.0 Å². The molecule has 0 atom stereocenters. The van der Waals surface area contributed by atoms with Gasteiger partial charge in [-0.25, -0.2) is 0 Å². The molecule has 0 saturated carbocycles. The highest BCUT2D eigenvalue weighted by Crippen LogP contribution is 2.30. The van der Waals surface area contributed by atoms with Crippen LogP contribution in [0.15, 0.2) is 87.9 Å². The van der Waals surface area contributed by atoms with Crippen molar-refractivity contribution in [2.75, 3.05) is 13.1 Å². The van der Waals surface area contributed by atoms with Gasteiger partial charge < -0.3 is 13.9 Å². The molecule has 220 valence electrons. The summed E-state index contributed by atoms with van der Waals surface area (Å²) in [5.74, 6) is 1.47. The van der Waals surface area contributed by atoms with Crippen LogP contribution in [0, 0.1) is 17.8 Å². The molecule has 0 aliphatic carbocycles. The second-order valence-electron chi connectivity index (χ2n) is 12.6. The summed E-state index contributed by atoms with van der Waals surface area (Å²) in [6, 6.07) is 25.4. The molecule has 1 fully saturated rings. The molecule has 0 unspecified atom stereocenters. The summed E-state index contributed by atoms with van der Waals surface area (Å²) in [7, 11) is 0. The van der Waals surface area contributed by atoms with Gasteiger partial charge in [0.15, 0.2) is 0 Å². The molecule has 3 heterocycles. The van der Waals surface area contributed by atoms with Gasteiger partial charge in [0.1, 0.15) is 16.9 Å². The third-order valence-corrected chi connectivity index (χ3v) is 8.07. The van der Waals surface area contributed by atoms with Gasteiger partial charge in [0.2, 0.25) is 0 Å². The van der Waals surface area contributed by atoms with Crippen LogP contribution in [0.1, 0.15) is 57.2 Å². The van der Waals surface area contributed by atoms with Crippen molar-refractivity contribution < 1.29 is 18.7 Å². The summed E-state index contributed by atoms with van der Waals surface area (Å²) in [5, 5.41) is 11.3. The van der Waals surface area contributed by atoms with Gasteiger partial charge in [-0.2, -0.15) is 0 Å². The number of carbonyl (C=O) groups is 1. The molecule has 1 N–H and O–H groups in total. The van der Waals surface area contributed by atoms with E-state index < -0.39 is 5.97 Å². The minimum Gasteiger partial charge on any atom is -0.481 e. The standard InChI is InChI=1S/C24H27NO3.C13H16O/c1-16(2)3-4-17-7-10-22-20(11-17)12-23(28-22)19-8-5-18(6-9-19)13-25-14-21(15-25)24(26)27;1-10(2)3-4-11-5-6-13-12(9-11)7-8-14-13/h5-12,16,21H,3-4,13-15H2,1-2H3,(H,26,27);5-10H,3-4H2,1-2H3. The number of carboxylic acids is 1. The van der Waals surface area contributed by atoms with Crippen LogP contribution in [0.3, 0.4) is 0 Å². The summed E-state index contributed by atoms with van der Waals surface area (Å²) in [4.78, 5) is 13.1. The molecule has 0 radical (unpaired) electrons. The number of likely N-dealkylation sites (tertiary alicyclic amines) is 1. The van der Waals surface area contributed by atoms with Crippen molar-refractivity contribution in [3.63, 3.8) is 0 Å². The molecule has 2 aromatic heterocycles. The second kappa shape index (κ2) is 13.4. The molecule has 5 nitrogen and oxygen atoms in total. The molecular weight excluding hydrogens is 522 g/mol. The summed E-state index contributed by atoms with van der Waals surface area (Å²) < 4.78 is 11.4. The highest BCUT2D eigenvalue weighted by Gasteiger charge is 2.32. The van der Waals surface area contributed by atoms with Crippen molar-refractivity contribution >= 4 is 27.9 Å². The SMILES string of the molecule is CC(C)CCc1ccc2oc(-c3ccc(CN4CC(C(=O)O)C4)cc3)cc2c1.CC(C)CCc1ccc2occc2c1. The largest absolute Gasteiger partial charge is 0.481 e. The van der Waals surface area contributed by atoms with Crippen LogP contribution in [0.25, 0.3) is 33.3 Å². The zero-order valence-corrected chi connectivity index (χ0v) is 25.3. The fourth-order valence-corrected chi connectivity index (χ4v) is 5.36. The Hall–Kier alpha value is -3.83. The van der Waals surface area contributed by atoms with E-state index in [4.69, 9.17) is 13.9 Å². The Kier molecular flexibility index (Phi) is 9.48.